The van der Waals surface area contributed by atoms with Crippen molar-refractivity contribution in [2.24, 2.45) is 5.41 Å². The quantitative estimate of drug-likeness (QED) is 0.728. The minimum Gasteiger partial charge on any atom is -0.339 e. The number of aromatic nitrogens is 2. The molecule has 0 aliphatic carbocycles. The molecule has 80 valence electrons. The summed E-state index contributed by atoms with van der Waals surface area (Å²) in [5.41, 5.74) is 0.167. The van der Waals surface area contributed by atoms with Crippen LogP contribution in [0.25, 0.3) is 0 Å². The van der Waals surface area contributed by atoms with E-state index < -0.39 is 0 Å². The molecule has 0 amide bonds. The van der Waals surface area contributed by atoms with Gasteiger partial charge in [-0.25, -0.2) is 0 Å². The third kappa shape index (κ3) is 2.34. The molecule has 1 aromatic heterocycles. The van der Waals surface area contributed by atoms with E-state index in [4.69, 9.17) is 4.52 Å². The monoisotopic (exact) mass is 196 g/mol. The number of nitrogens with zero attached hydrogens (tertiary/aromatic N) is 2. The lowest BCUT2D eigenvalue weighted by molar-refractivity contribution is 0.261. The van der Waals surface area contributed by atoms with E-state index in [0.29, 0.717) is 11.8 Å². The number of rotatable bonds is 2. The molecule has 14 heavy (non-hydrogen) atoms. The van der Waals surface area contributed by atoms with Gasteiger partial charge in [0.1, 0.15) is 0 Å². The van der Waals surface area contributed by atoms with Crippen molar-refractivity contribution in [3.05, 3.63) is 11.7 Å². The molecule has 3 heteroatoms. The zero-order chi connectivity index (χ0) is 10.9. The van der Waals surface area contributed by atoms with Crippen LogP contribution in [-0.4, -0.2) is 10.1 Å². The van der Waals surface area contributed by atoms with Gasteiger partial charge >= 0.3 is 0 Å². The van der Waals surface area contributed by atoms with Crippen molar-refractivity contribution in [1.29, 1.82) is 0 Å². The van der Waals surface area contributed by atoms with Crippen molar-refractivity contribution in [2.75, 3.05) is 0 Å². The summed E-state index contributed by atoms with van der Waals surface area (Å²) in [5.74, 6) is 2.18. The van der Waals surface area contributed by atoms with E-state index >= 15 is 0 Å². The molecule has 0 spiro atoms. The third-order valence-electron chi connectivity index (χ3n) is 2.64. The van der Waals surface area contributed by atoms with Crippen LogP contribution in [0.3, 0.4) is 0 Å². The highest BCUT2D eigenvalue weighted by molar-refractivity contribution is 4.99. The normalized spacial score (nSPS) is 14.8. The molecule has 1 aromatic rings. The average Bonchev–Trinajstić information content (AvgIpc) is 2.48. The second-order valence-corrected chi connectivity index (χ2v) is 5.23. The molecular formula is C11H20N2O. The summed E-state index contributed by atoms with van der Waals surface area (Å²) in [6.45, 7) is 12.8. The highest BCUT2D eigenvalue weighted by Crippen LogP contribution is 2.33. The zero-order valence-electron chi connectivity index (χ0n) is 9.96. The fourth-order valence-electron chi connectivity index (χ4n) is 1.03. The maximum absolute atomic E-state index is 5.25. The van der Waals surface area contributed by atoms with Crippen LogP contribution in [0.4, 0.5) is 0 Å². The van der Waals surface area contributed by atoms with E-state index in [2.05, 4.69) is 51.7 Å². The molecule has 0 aliphatic rings. The van der Waals surface area contributed by atoms with E-state index in [9.17, 15) is 0 Å². The Hall–Kier alpha value is -0.860. The predicted molar refractivity (Wildman–Crippen MR) is 56.3 cm³/mol. The molecular weight excluding hydrogens is 176 g/mol. The van der Waals surface area contributed by atoms with Crippen LogP contribution in [-0.2, 0) is 0 Å². The van der Waals surface area contributed by atoms with Crippen LogP contribution in [0, 0.1) is 5.41 Å². The summed E-state index contributed by atoms with van der Waals surface area (Å²) in [4.78, 5) is 4.40. The van der Waals surface area contributed by atoms with E-state index in [1.807, 2.05) is 0 Å². The number of hydrogen-bond donors (Lipinski definition) is 0. The van der Waals surface area contributed by atoms with Gasteiger partial charge < -0.3 is 4.52 Å². The second kappa shape index (κ2) is 3.71. The molecule has 1 heterocycles. The molecule has 0 aromatic carbocycles. The Kier molecular flexibility index (Phi) is 2.98. The largest absolute Gasteiger partial charge is 0.339 e. The topological polar surface area (TPSA) is 38.9 Å². The van der Waals surface area contributed by atoms with Gasteiger partial charge in [0.25, 0.3) is 0 Å². The lowest BCUT2D eigenvalue weighted by Gasteiger charge is -2.23. The standard InChI is InChI=1S/C11H20N2O/c1-7(2)9-12-10(14-13-9)8(3)11(4,5)6/h7-8H,1-6H3. The summed E-state index contributed by atoms with van der Waals surface area (Å²) < 4.78 is 5.25. The first kappa shape index (κ1) is 11.2. The van der Waals surface area contributed by atoms with Gasteiger partial charge in [-0.15, -0.1) is 0 Å². The molecule has 0 saturated carbocycles. The van der Waals surface area contributed by atoms with Crippen LogP contribution in [0.5, 0.6) is 0 Å². The molecule has 0 aliphatic heterocycles. The van der Waals surface area contributed by atoms with E-state index in [0.717, 1.165) is 11.7 Å². The van der Waals surface area contributed by atoms with Crippen molar-refractivity contribution >= 4 is 0 Å². The van der Waals surface area contributed by atoms with Gasteiger partial charge in [-0.05, 0) is 5.41 Å². The Morgan fingerprint density at radius 3 is 2.07 bits per heavy atom. The zero-order valence-corrected chi connectivity index (χ0v) is 9.96. The van der Waals surface area contributed by atoms with Crippen LogP contribution >= 0.6 is 0 Å². The Balaban J connectivity index is 2.87. The Bertz CT molecular complexity index is 296. The van der Waals surface area contributed by atoms with Crippen LogP contribution < -0.4 is 0 Å². The minimum atomic E-state index is 0.167. The van der Waals surface area contributed by atoms with Crippen molar-refractivity contribution in [3.63, 3.8) is 0 Å². The average molecular weight is 196 g/mol. The minimum absolute atomic E-state index is 0.167. The second-order valence-electron chi connectivity index (χ2n) is 5.23. The summed E-state index contributed by atoms with van der Waals surface area (Å²) >= 11 is 0. The molecule has 1 unspecified atom stereocenters. The van der Waals surface area contributed by atoms with E-state index in [1.54, 1.807) is 0 Å². The fraction of sp³-hybridized carbons (Fsp3) is 0.818. The number of hydrogen-bond acceptors (Lipinski definition) is 3. The van der Waals surface area contributed by atoms with E-state index in [1.165, 1.54) is 0 Å². The first-order chi connectivity index (χ1) is 6.32. The maximum Gasteiger partial charge on any atom is 0.230 e. The van der Waals surface area contributed by atoms with Crippen molar-refractivity contribution in [1.82, 2.24) is 10.1 Å². The summed E-state index contributed by atoms with van der Waals surface area (Å²) in [5, 5.41) is 3.96. The molecule has 0 N–H and O–H groups in total. The van der Waals surface area contributed by atoms with Crippen LogP contribution in [0.1, 0.15) is 65.1 Å². The first-order valence-electron chi connectivity index (χ1n) is 5.16. The van der Waals surface area contributed by atoms with Gasteiger partial charge in [0.15, 0.2) is 5.82 Å². The highest BCUT2D eigenvalue weighted by Gasteiger charge is 2.27. The summed E-state index contributed by atoms with van der Waals surface area (Å²) in [7, 11) is 0. The lowest BCUT2D eigenvalue weighted by atomic mass is 9.82. The molecule has 0 saturated heterocycles. The van der Waals surface area contributed by atoms with Gasteiger partial charge in [-0.1, -0.05) is 46.7 Å². The summed E-state index contributed by atoms with van der Waals surface area (Å²) in [6, 6.07) is 0. The Morgan fingerprint density at radius 2 is 1.71 bits per heavy atom. The van der Waals surface area contributed by atoms with Gasteiger partial charge in [0.05, 0.1) is 0 Å². The SMILES string of the molecule is CC(C)c1noc(C(C)C(C)(C)C)n1. The first-order valence-corrected chi connectivity index (χ1v) is 5.16. The lowest BCUT2D eigenvalue weighted by Crippen LogP contribution is -2.15. The van der Waals surface area contributed by atoms with Gasteiger partial charge in [0.2, 0.25) is 5.89 Å². The molecule has 0 fully saturated rings. The van der Waals surface area contributed by atoms with Crippen molar-refractivity contribution in [3.8, 4) is 0 Å². The molecule has 3 nitrogen and oxygen atoms in total. The van der Waals surface area contributed by atoms with E-state index in [-0.39, 0.29) is 5.41 Å². The third-order valence-corrected chi connectivity index (χ3v) is 2.64. The summed E-state index contributed by atoms with van der Waals surface area (Å²) in [6.07, 6.45) is 0. The van der Waals surface area contributed by atoms with Crippen LogP contribution in [0.15, 0.2) is 4.52 Å². The Labute approximate surface area is 85.9 Å². The molecule has 1 atom stereocenters. The van der Waals surface area contributed by atoms with Crippen LogP contribution in [0.2, 0.25) is 0 Å². The fourth-order valence-corrected chi connectivity index (χ4v) is 1.03. The molecule has 1 rings (SSSR count). The smallest absolute Gasteiger partial charge is 0.230 e. The predicted octanol–water partition coefficient (Wildman–Crippen LogP) is 3.34. The Morgan fingerprint density at radius 1 is 1.14 bits per heavy atom. The van der Waals surface area contributed by atoms with Gasteiger partial charge in [-0.2, -0.15) is 4.98 Å². The van der Waals surface area contributed by atoms with Gasteiger partial charge in [0, 0.05) is 11.8 Å². The van der Waals surface area contributed by atoms with Crippen molar-refractivity contribution < 1.29 is 4.52 Å². The molecule has 0 bridgehead atoms. The van der Waals surface area contributed by atoms with Gasteiger partial charge in [-0.3, -0.25) is 0 Å². The maximum atomic E-state index is 5.25. The highest BCUT2D eigenvalue weighted by atomic mass is 16.5. The van der Waals surface area contributed by atoms with Crippen molar-refractivity contribution in [2.45, 2.75) is 53.4 Å². The molecule has 0 radical (unpaired) electrons.